The average Bonchev–Trinajstić information content (AvgIpc) is 2.79. The largest absolute Gasteiger partial charge is 0.451 e. The Hall–Kier alpha value is -0.0551. The van der Waals surface area contributed by atoms with Crippen molar-refractivity contribution in [3.05, 3.63) is 0 Å². The van der Waals surface area contributed by atoms with Crippen LogP contribution in [-0.4, -0.2) is 41.7 Å². The van der Waals surface area contributed by atoms with Crippen LogP contribution in [0.15, 0.2) is 0 Å². The second kappa shape index (κ2) is 5.14. The van der Waals surface area contributed by atoms with E-state index in [2.05, 4.69) is 4.90 Å². The van der Waals surface area contributed by atoms with Gasteiger partial charge in [0.1, 0.15) is 0 Å². The first-order valence-electron chi connectivity index (χ1n) is 7.76. The summed E-state index contributed by atoms with van der Waals surface area (Å²) in [4.78, 5) is 2.68. The summed E-state index contributed by atoms with van der Waals surface area (Å²) in [5.74, 6) is 1.71. The Labute approximate surface area is 111 Å². The fourth-order valence-corrected chi connectivity index (χ4v) is 4.39. The van der Waals surface area contributed by atoms with Crippen molar-refractivity contribution in [1.29, 1.82) is 0 Å². The van der Waals surface area contributed by atoms with Gasteiger partial charge in [0.25, 0.3) is 0 Å². The average molecular weight is 251 g/mol. The first-order valence-corrected chi connectivity index (χ1v) is 7.76. The van der Waals surface area contributed by atoms with Gasteiger partial charge < -0.3 is 14.9 Å². The van der Waals surface area contributed by atoms with E-state index in [0.29, 0.717) is 11.7 Å². The van der Waals surface area contributed by atoms with Gasteiger partial charge in [0.15, 0.2) is 0 Å². The summed E-state index contributed by atoms with van der Waals surface area (Å²) in [6.45, 7) is 4.01. The fourth-order valence-electron chi connectivity index (χ4n) is 4.39. The smallest absolute Gasteiger partial charge is 0.427 e. The summed E-state index contributed by atoms with van der Waals surface area (Å²) in [6, 6.07) is 0. The molecule has 4 heteroatoms. The van der Waals surface area contributed by atoms with E-state index in [4.69, 9.17) is 10.0 Å². The van der Waals surface area contributed by atoms with Crippen LogP contribution in [0.2, 0.25) is 6.32 Å². The second-order valence-electron chi connectivity index (χ2n) is 6.95. The van der Waals surface area contributed by atoms with Crippen LogP contribution in [0, 0.1) is 17.3 Å². The SMILES string of the molecule is OB(O)CC[C@@H]1CC[C@]2(CN3CCCC3)C[C@H]2C1. The molecule has 1 saturated heterocycles. The van der Waals surface area contributed by atoms with E-state index in [-0.39, 0.29) is 0 Å². The summed E-state index contributed by atoms with van der Waals surface area (Å²) >= 11 is 0. The summed E-state index contributed by atoms with van der Waals surface area (Å²) in [7, 11) is -1.10. The summed E-state index contributed by atoms with van der Waals surface area (Å²) < 4.78 is 0. The molecule has 1 heterocycles. The molecule has 1 aliphatic heterocycles. The maximum Gasteiger partial charge on any atom is 0.451 e. The predicted octanol–water partition coefficient (Wildman–Crippen LogP) is 1.75. The van der Waals surface area contributed by atoms with Crippen LogP contribution in [0.1, 0.15) is 44.9 Å². The van der Waals surface area contributed by atoms with Gasteiger partial charge in [0, 0.05) is 6.54 Å². The quantitative estimate of drug-likeness (QED) is 0.731. The van der Waals surface area contributed by atoms with Crippen LogP contribution in [-0.2, 0) is 0 Å². The molecule has 3 aliphatic rings. The highest BCUT2D eigenvalue weighted by molar-refractivity contribution is 6.40. The lowest BCUT2D eigenvalue weighted by Crippen LogP contribution is -2.31. The molecule has 0 aromatic heterocycles. The van der Waals surface area contributed by atoms with Crippen molar-refractivity contribution in [1.82, 2.24) is 4.90 Å². The van der Waals surface area contributed by atoms with E-state index < -0.39 is 7.12 Å². The van der Waals surface area contributed by atoms with E-state index in [9.17, 15) is 0 Å². The van der Waals surface area contributed by atoms with Crippen LogP contribution in [0.25, 0.3) is 0 Å². The lowest BCUT2D eigenvalue weighted by Gasteiger charge is -2.31. The van der Waals surface area contributed by atoms with E-state index in [1.54, 1.807) is 0 Å². The third kappa shape index (κ3) is 2.76. The van der Waals surface area contributed by atoms with Gasteiger partial charge in [-0.05, 0) is 75.2 Å². The molecule has 2 saturated carbocycles. The van der Waals surface area contributed by atoms with Gasteiger partial charge in [-0.15, -0.1) is 0 Å². The zero-order valence-electron chi connectivity index (χ0n) is 11.4. The first kappa shape index (κ1) is 13.0. The Kier molecular flexibility index (Phi) is 3.70. The maximum atomic E-state index is 8.95. The monoisotopic (exact) mass is 251 g/mol. The standard InChI is InChI=1S/C14H26BNO2/c17-15(18)6-4-12-3-5-14(10-13(14)9-12)11-16-7-1-2-8-16/h12-13,17-18H,1-11H2/t12-,13+,14+/m0/s1. The van der Waals surface area contributed by atoms with Crippen LogP contribution >= 0.6 is 0 Å². The van der Waals surface area contributed by atoms with Crippen LogP contribution < -0.4 is 0 Å². The molecule has 18 heavy (non-hydrogen) atoms. The summed E-state index contributed by atoms with van der Waals surface area (Å²) in [5.41, 5.74) is 0.679. The molecule has 3 nitrogen and oxygen atoms in total. The third-order valence-corrected chi connectivity index (χ3v) is 5.60. The Balaban J connectivity index is 1.44. The van der Waals surface area contributed by atoms with Crippen molar-refractivity contribution in [3.8, 4) is 0 Å². The van der Waals surface area contributed by atoms with E-state index in [0.717, 1.165) is 18.3 Å². The van der Waals surface area contributed by atoms with Gasteiger partial charge in [-0.2, -0.15) is 0 Å². The van der Waals surface area contributed by atoms with Gasteiger partial charge in [-0.3, -0.25) is 0 Å². The Morgan fingerprint density at radius 3 is 2.67 bits per heavy atom. The lowest BCUT2D eigenvalue weighted by atomic mass is 9.74. The van der Waals surface area contributed by atoms with Crippen molar-refractivity contribution < 1.29 is 10.0 Å². The normalized spacial score (nSPS) is 39.7. The van der Waals surface area contributed by atoms with Gasteiger partial charge >= 0.3 is 7.12 Å². The summed E-state index contributed by atoms with van der Waals surface area (Å²) in [6.07, 6.45) is 9.87. The number of hydrogen-bond acceptors (Lipinski definition) is 3. The number of rotatable bonds is 5. The lowest BCUT2D eigenvalue weighted by molar-refractivity contribution is 0.186. The molecule has 0 radical (unpaired) electrons. The van der Waals surface area contributed by atoms with Crippen molar-refractivity contribution >= 4 is 7.12 Å². The highest BCUT2D eigenvalue weighted by Crippen LogP contribution is 2.63. The Morgan fingerprint density at radius 1 is 1.22 bits per heavy atom. The maximum absolute atomic E-state index is 8.95. The predicted molar refractivity (Wildman–Crippen MR) is 73.2 cm³/mol. The number of hydrogen-bond donors (Lipinski definition) is 2. The molecule has 102 valence electrons. The second-order valence-corrected chi connectivity index (χ2v) is 6.95. The van der Waals surface area contributed by atoms with E-state index >= 15 is 0 Å². The third-order valence-electron chi connectivity index (χ3n) is 5.60. The Bertz CT molecular complexity index is 294. The minimum atomic E-state index is -1.10. The minimum Gasteiger partial charge on any atom is -0.427 e. The molecule has 0 aromatic rings. The molecular formula is C14H26BNO2. The highest BCUT2D eigenvalue weighted by Gasteiger charge is 2.56. The highest BCUT2D eigenvalue weighted by atomic mass is 16.4. The van der Waals surface area contributed by atoms with Crippen LogP contribution in [0.5, 0.6) is 0 Å². The van der Waals surface area contributed by atoms with E-state index in [1.165, 1.54) is 58.2 Å². The Morgan fingerprint density at radius 2 is 2.00 bits per heavy atom. The van der Waals surface area contributed by atoms with Gasteiger partial charge in [-0.1, -0.05) is 6.42 Å². The molecule has 0 bridgehead atoms. The molecule has 3 fully saturated rings. The molecule has 0 aromatic carbocycles. The van der Waals surface area contributed by atoms with Crippen molar-refractivity contribution in [2.75, 3.05) is 19.6 Å². The minimum absolute atomic E-state index is 0.566. The van der Waals surface area contributed by atoms with E-state index in [1.807, 2.05) is 0 Å². The number of nitrogens with zero attached hydrogens (tertiary/aromatic N) is 1. The molecular weight excluding hydrogens is 225 g/mol. The first-order chi connectivity index (χ1) is 8.68. The van der Waals surface area contributed by atoms with Crippen LogP contribution in [0.4, 0.5) is 0 Å². The van der Waals surface area contributed by atoms with Gasteiger partial charge in [0.05, 0.1) is 0 Å². The fraction of sp³-hybridized carbons (Fsp3) is 1.00. The number of likely N-dealkylation sites (tertiary alicyclic amines) is 1. The molecule has 3 rings (SSSR count). The zero-order valence-corrected chi connectivity index (χ0v) is 11.4. The summed E-state index contributed by atoms with van der Waals surface area (Å²) in [5, 5.41) is 17.9. The number of fused-ring (bicyclic) bond motifs is 1. The molecule has 2 aliphatic carbocycles. The zero-order chi connectivity index (χ0) is 12.6. The molecule has 3 atom stereocenters. The van der Waals surface area contributed by atoms with Gasteiger partial charge in [-0.25, -0.2) is 0 Å². The molecule has 2 N–H and O–H groups in total. The molecule has 0 amide bonds. The topological polar surface area (TPSA) is 43.7 Å². The van der Waals surface area contributed by atoms with Crippen molar-refractivity contribution in [2.45, 2.75) is 51.3 Å². The van der Waals surface area contributed by atoms with Crippen molar-refractivity contribution in [3.63, 3.8) is 0 Å². The van der Waals surface area contributed by atoms with Crippen molar-refractivity contribution in [2.24, 2.45) is 17.3 Å². The molecule has 0 spiro atoms. The van der Waals surface area contributed by atoms with Crippen LogP contribution in [0.3, 0.4) is 0 Å². The molecule has 0 unspecified atom stereocenters. The van der Waals surface area contributed by atoms with Gasteiger partial charge in [0.2, 0.25) is 0 Å².